The summed E-state index contributed by atoms with van der Waals surface area (Å²) >= 11 is 0. The predicted octanol–water partition coefficient (Wildman–Crippen LogP) is 4.94. The third kappa shape index (κ3) is 4.70. The maximum atomic E-state index is 16.1. The van der Waals surface area contributed by atoms with Gasteiger partial charge in [-0.2, -0.15) is 0 Å². The van der Waals surface area contributed by atoms with Crippen LogP contribution in [0.4, 0.5) is 23.4 Å². The van der Waals surface area contributed by atoms with Gasteiger partial charge in [-0.3, -0.25) is 13.7 Å². The molecule has 0 bridgehead atoms. The summed E-state index contributed by atoms with van der Waals surface area (Å²) in [5, 5.41) is 3.35. The van der Waals surface area contributed by atoms with E-state index in [0.717, 1.165) is 18.9 Å². The molecular weight excluding hydrogens is 482 g/mol. The quantitative estimate of drug-likeness (QED) is 0.480. The second-order valence-corrected chi connectivity index (χ2v) is 11.0. The zero-order valence-electron chi connectivity index (χ0n) is 19.1. The molecular formula is C24H25F4N5OS. The highest BCUT2D eigenvalue weighted by atomic mass is 32.2. The molecule has 3 heterocycles. The molecule has 0 amide bonds. The lowest BCUT2D eigenvalue weighted by molar-refractivity contribution is 0.146. The Morgan fingerprint density at radius 2 is 2.00 bits per heavy atom. The van der Waals surface area contributed by atoms with Gasteiger partial charge in [0.05, 0.1) is 22.6 Å². The standard InChI is InChI=1S/C24H25F4N5OS/c1-33-22-17(11-18(23(33)34)24(28)7-9-35(10-8-24)32-15-5-6-15)21(30-13-31-22)29-12-14-3-2-4-16(19(14)25)20(26)27/h2-4,11,13,15,20H,5-10,12H2,1H3,(H,29,30,31). The summed E-state index contributed by atoms with van der Waals surface area (Å²) in [6.45, 7) is -0.122. The fourth-order valence-corrected chi connectivity index (χ4v) is 6.53. The average Bonchev–Trinajstić information content (AvgIpc) is 3.66. The summed E-state index contributed by atoms with van der Waals surface area (Å²) in [5.41, 5.74) is -2.53. The van der Waals surface area contributed by atoms with Crippen molar-refractivity contribution >= 4 is 27.5 Å². The van der Waals surface area contributed by atoms with Crippen molar-refractivity contribution in [2.75, 3.05) is 16.8 Å². The molecule has 1 N–H and O–H groups in total. The lowest BCUT2D eigenvalue weighted by Crippen LogP contribution is -2.37. The lowest BCUT2D eigenvalue weighted by Gasteiger charge is -2.31. The van der Waals surface area contributed by atoms with Crippen LogP contribution in [0.15, 0.2) is 39.8 Å². The molecule has 2 fully saturated rings. The summed E-state index contributed by atoms with van der Waals surface area (Å²) < 4.78 is 62.8. The Bertz CT molecular complexity index is 1360. The van der Waals surface area contributed by atoms with Gasteiger partial charge in [-0.15, -0.1) is 10.7 Å². The highest BCUT2D eigenvalue weighted by Gasteiger charge is 2.39. The number of anilines is 1. The number of fused-ring (bicyclic) bond motifs is 1. The van der Waals surface area contributed by atoms with Crippen molar-refractivity contribution in [2.24, 2.45) is 11.4 Å². The molecule has 1 aromatic carbocycles. The monoisotopic (exact) mass is 507 g/mol. The van der Waals surface area contributed by atoms with E-state index in [9.17, 15) is 18.0 Å². The molecule has 5 rings (SSSR count). The largest absolute Gasteiger partial charge is 0.365 e. The van der Waals surface area contributed by atoms with E-state index < -0.39 is 29.0 Å². The van der Waals surface area contributed by atoms with Gasteiger partial charge < -0.3 is 5.32 Å². The Morgan fingerprint density at radius 1 is 1.26 bits per heavy atom. The Kier molecular flexibility index (Phi) is 6.37. The number of halogens is 4. The van der Waals surface area contributed by atoms with Crippen LogP contribution in [-0.2, 0) is 30.0 Å². The fraction of sp³-hybridized carbons (Fsp3) is 0.458. The lowest BCUT2D eigenvalue weighted by atomic mass is 9.90. The van der Waals surface area contributed by atoms with Gasteiger partial charge in [0.1, 0.15) is 29.3 Å². The fourth-order valence-electron chi connectivity index (χ4n) is 4.37. The zero-order chi connectivity index (χ0) is 24.7. The molecule has 1 aliphatic carbocycles. The number of aromatic nitrogens is 3. The highest BCUT2D eigenvalue weighted by Crippen LogP contribution is 2.38. The van der Waals surface area contributed by atoms with E-state index in [1.807, 2.05) is 0 Å². The van der Waals surface area contributed by atoms with Crippen LogP contribution in [0.2, 0.25) is 0 Å². The van der Waals surface area contributed by atoms with Crippen LogP contribution >= 0.6 is 0 Å². The number of hydrogen-bond donors (Lipinski definition) is 1. The number of aryl methyl sites for hydroxylation is 1. The summed E-state index contributed by atoms with van der Waals surface area (Å²) in [6.07, 6.45) is 0.973. The van der Waals surface area contributed by atoms with E-state index >= 15 is 4.39 Å². The van der Waals surface area contributed by atoms with E-state index in [1.54, 1.807) is 0 Å². The van der Waals surface area contributed by atoms with E-state index in [1.165, 1.54) is 36.1 Å². The molecule has 0 spiro atoms. The van der Waals surface area contributed by atoms with Crippen LogP contribution in [0.1, 0.15) is 48.8 Å². The normalized spacial score (nSPS) is 22.5. The maximum absolute atomic E-state index is 16.1. The van der Waals surface area contributed by atoms with Crippen LogP contribution in [0.5, 0.6) is 0 Å². The number of hydrogen-bond acceptors (Lipinski definition) is 5. The van der Waals surface area contributed by atoms with Crippen molar-refractivity contribution in [3.05, 3.63) is 63.5 Å². The van der Waals surface area contributed by atoms with Crippen LogP contribution in [-0.4, -0.2) is 32.1 Å². The first-order valence-electron chi connectivity index (χ1n) is 11.5. The Hall–Kier alpha value is -2.82. The van der Waals surface area contributed by atoms with Gasteiger partial charge in [0.2, 0.25) is 0 Å². The number of alkyl halides is 3. The highest BCUT2D eigenvalue weighted by molar-refractivity contribution is 7.87. The maximum Gasteiger partial charge on any atom is 0.266 e. The van der Waals surface area contributed by atoms with Gasteiger partial charge in [0.25, 0.3) is 12.0 Å². The topological polar surface area (TPSA) is 72.2 Å². The molecule has 35 heavy (non-hydrogen) atoms. The zero-order valence-corrected chi connectivity index (χ0v) is 19.9. The number of pyridine rings is 1. The minimum Gasteiger partial charge on any atom is -0.365 e. The van der Waals surface area contributed by atoms with Crippen molar-refractivity contribution in [1.82, 2.24) is 14.5 Å². The molecule has 0 atom stereocenters. The molecule has 0 radical (unpaired) electrons. The molecule has 1 saturated carbocycles. The second kappa shape index (κ2) is 9.33. The van der Waals surface area contributed by atoms with E-state index in [2.05, 4.69) is 15.3 Å². The molecule has 3 aromatic rings. The van der Waals surface area contributed by atoms with Crippen molar-refractivity contribution in [1.29, 1.82) is 0 Å². The van der Waals surface area contributed by atoms with Gasteiger partial charge in [0, 0.05) is 30.7 Å². The SMILES string of the molecule is Cn1c(=O)c(C2(F)CCS(=NC3CC3)CC2)cc2c(NCc3cccc(C(F)F)c3F)ncnc21. The van der Waals surface area contributed by atoms with E-state index in [0.29, 0.717) is 28.6 Å². The molecule has 1 aliphatic heterocycles. The summed E-state index contributed by atoms with van der Waals surface area (Å²) in [7, 11) is 1.37. The van der Waals surface area contributed by atoms with Crippen LogP contribution in [0.25, 0.3) is 11.0 Å². The van der Waals surface area contributed by atoms with Crippen LogP contribution in [0, 0.1) is 5.82 Å². The van der Waals surface area contributed by atoms with Gasteiger partial charge in [0.15, 0.2) is 0 Å². The molecule has 2 aromatic heterocycles. The number of nitrogens with zero attached hydrogens (tertiary/aromatic N) is 4. The first-order chi connectivity index (χ1) is 16.8. The molecule has 11 heteroatoms. The van der Waals surface area contributed by atoms with Gasteiger partial charge in [-0.05, 0) is 31.7 Å². The average molecular weight is 508 g/mol. The summed E-state index contributed by atoms with van der Waals surface area (Å²) in [6, 6.07) is 5.71. The molecule has 6 nitrogen and oxygen atoms in total. The minimum atomic E-state index is -2.93. The van der Waals surface area contributed by atoms with E-state index in [-0.39, 0.29) is 47.0 Å². The Morgan fingerprint density at radius 3 is 2.69 bits per heavy atom. The molecule has 0 unspecified atom stereocenters. The van der Waals surface area contributed by atoms with Crippen molar-refractivity contribution in [3.8, 4) is 0 Å². The molecule has 2 aliphatic rings. The number of nitrogens with one attached hydrogen (secondary N) is 1. The van der Waals surface area contributed by atoms with Crippen LogP contribution in [0.3, 0.4) is 0 Å². The van der Waals surface area contributed by atoms with Gasteiger partial charge in [-0.25, -0.2) is 27.5 Å². The first-order valence-corrected chi connectivity index (χ1v) is 13.0. The smallest absolute Gasteiger partial charge is 0.266 e. The van der Waals surface area contributed by atoms with Crippen molar-refractivity contribution in [3.63, 3.8) is 0 Å². The van der Waals surface area contributed by atoms with E-state index in [4.69, 9.17) is 4.36 Å². The Labute approximate surface area is 201 Å². The number of benzene rings is 1. The predicted molar refractivity (Wildman–Crippen MR) is 128 cm³/mol. The van der Waals surface area contributed by atoms with Gasteiger partial charge in [-0.1, -0.05) is 18.2 Å². The third-order valence-electron chi connectivity index (χ3n) is 6.59. The summed E-state index contributed by atoms with van der Waals surface area (Å²) in [4.78, 5) is 21.5. The molecule has 186 valence electrons. The van der Waals surface area contributed by atoms with Crippen molar-refractivity contribution < 1.29 is 17.6 Å². The number of rotatable bonds is 6. The first kappa shape index (κ1) is 23.9. The molecule has 1 saturated heterocycles. The van der Waals surface area contributed by atoms with Crippen molar-refractivity contribution in [2.45, 2.75) is 50.4 Å². The third-order valence-corrected chi connectivity index (χ3v) is 8.54. The van der Waals surface area contributed by atoms with Crippen LogP contribution < -0.4 is 10.9 Å². The second-order valence-electron chi connectivity index (χ2n) is 9.03. The summed E-state index contributed by atoms with van der Waals surface area (Å²) in [5.74, 6) is 0.504. The minimum absolute atomic E-state index is 0.0419. The Balaban J connectivity index is 1.47. The van der Waals surface area contributed by atoms with Gasteiger partial charge >= 0.3 is 0 Å².